The molecule has 1 aromatic heterocycles. The van der Waals surface area contributed by atoms with E-state index in [1.54, 1.807) is 0 Å². The molecular weight excluding hydrogens is 564 g/mol. The molecule has 2 saturated heterocycles. The van der Waals surface area contributed by atoms with E-state index in [9.17, 15) is 9.59 Å². The Morgan fingerprint density at radius 3 is 2.31 bits per heavy atom. The monoisotopic (exact) mass is 604 g/mol. The lowest BCUT2D eigenvalue weighted by Crippen LogP contribution is -2.52. The smallest absolute Gasteiger partial charge is 0.407 e. The van der Waals surface area contributed by atoms with Crippen molar-refractivity contribution in [3.63, 3.8) is 0 Å². The summed E-state index contributed by atoms with van der Waals surface area (Å²) in [6.45, 7) is 3.87. The standard InChI is InChI=1S/C36H40N6O3/c1-19(2)33(41-36(44)45-3)35(43)42-31-15-25(31)16-32(42)34-38-18-30(40-34)23-10-8-21(9-11-23)20-4-6-22(7-5-20)26-14-28(37-17-26)29-13-24-12-27(24)39-29/h4-11,17-19,24-25,27,29,31-33,39H,12-16H2,1-3H3,(H,38,40)(H,41,44)/t24-,25-,27-,29+,31-,32+,33+/m1/s1. The Hall–Kier alpha value is -4.24. The fraction of sp³-hybridized carbons (Fsp3) is 0.444. The molecule has 4 fully saturated rings. The van der Waals surface area contributed by atoms with Gasteiger partial charge in [0.25, 0.3) is 0 Å². The van der Waals surface area contributed by atoms with E-state index < -0.39 is 12.1 Å². The highest BCUT2D eigenvalue weighted by atomic mass is 16.5. The number of nitrogens with zero attached hydrogens (tertiary/aromatic N) is 3. The number of aromatic nitrogens is 2. The number of piperidine rings is 2. The average Bonchev–Trinajstić information content (AvgIpc) is 3.62. The average molecular weight is 605 g/mol. The van der Waals surface area contributed by atoms with E-state index in [2.05, 4.69) is 70.3 Å². The number of rotatable bonds is 8. The number of likely N-dealkylation sites (tertiary alicyclic amines) is 1. The number of aromatic amines is 1. The second-order valence-electron chi connectivity index (χ2n) is 13.8. The Bertz CT molecular complexity index is 1680. The van der Waals surface area contributed by atoms with Crippen LogP contribution in [0.25, 0.3) is 28.0 Å². The van der Waals surface area contributed by atoms with Crippen molar-refractivity contribution in [3.05, 3.63) is 72.3 Å². The number of amides is 2. The molecule has 8 rings (SSSR count). The van der Waals surface area contributed by atoms with E-state index in [-0.39, 0.29) is 23.9 Å². The van der Waals surface area contributed by atoms with E-state index in [4.69, 9.17) is 14.7 Å². The third-order valence-electron chi connectivity index (χ3n) is 10.5. The summed E-state index contributed by atoms with van der Waals surface area (Å²) in [6.07, 6.45) is 8.73. The molecule has 3 N–H and O–H groups in total. The topological polar surface area (TPSA) is 112 Å². The molecule has 2 aromatic carbocycles. The van der Waals surface area contributed by atoms with Gasteiger partial charge in [-0.2, -0.15) is 0 Å². The Labute approximate surface area is 263 Å². The second-order valence-corrected chi connectivity index (χ2v) is 13.8. The minimum Gasteiger partial charge on any atom is -0.453 e. The zero-order valence-electron chi connectivity index (χ0n) is 26.0. The van der Waals surface area contributed by atoms with Crippen LogP contribution in [0.5, 0.6) is 0 Å². The number of carbonyl (C=O) groups excluding carboxylic acids is 2. The van der Waals surface area contributed by atoms with Crippen LogP contribution >= 0.6 is 0 Å². The van der Waals surface area contributed by atoms with E-state index >= 15 is 0 Å². The fourth-order valence-electron chi connectivity index (χ4n) is 7.66. The van der Waals surface area contributed by atoms with E-state index in [1.807, 2.05) is 24.9 Å². The lowest BCUT2D eigenvalue weighted by atomic mass is 9.96. The van der Waals surface area contributed by atoms with Crippen LogP contribution in [0.15, 0.2) is 65.9 Å². The van der Waals surface area contributed by atoms with Gasteiger partial charge in [-0.25, -0.2) is 9.78 Å². The molecule has 7 atom stereocenters. The second kappa shape index (κ2) is 11.0. The van der Waals surface area contributed by atoms with Crippen molar-refractivity contribution in [2.75, 3.05) is 7.11 Å². The molecule has 232 valence electrons. The van der Waals surface area contributed by atoms with E-state index in [0.29, 0.717) is 12.0 Å². The van der Waals surface area contributed by atoms with Crippen molar-refractivity contribution in [2.45, 2.75) is 76.2 Å². The Kier molecular flexibility index (Phi) is 6.89. The number of nitrogens with one attached hydrogen (secondary N) is 3. The van der Waals surface area contributed by atoms with Crippen LogP contribution in [0.4, 0.5) is 4.79 Å². The van der Waals surface area contributed by atoms with Gasteiger partial charge in [0.2, 0.25) is 5.91 Å². The van der Waals surface area contributed by atoms with Gasteiger partial charge in [-0.3, -0.25) is 9.79 Å². The quantitative estimate of drug-likeness (QED) is 0.305. The molecule has 3 aliphatic heterocycles. The number of carbonyl (C=O) groups is 2. The summed E-state index contributed by atoms with van der Waals surface area (Å²) >= 11 is 0. The first-order valence-corrected chi connectivity index (χ1v) is 16.3. The Balaban J connectivity index is 0.929. The molecular formula is C36H40N6O3. The number of fused-ring (bicyclic) bond motifs is 2. The fourth-order valence-corrected chi connectivity index (χ4v) is 7.66. The summed E-state index contributed by atoms with van der Waals surface area (Å²) in [5.74, 6) is 2.02. The van der Waals surface area contributed by atoms with Gasteiger partial charge in [-0.1, -0.05) is 62.4 Å². The van der Waals surface area contributed by atoms with Gasteiger partial charge < -0.3 is 25.3 Å². The number of ether oxygens (including phenoxy) is 1. The number of allylic oxidation sites excluding steroid dienone is 1. The largest absolute Gasteiger partial charge is 0.453 e. The molecule has 5 aliphatic rings. The van der Waals surface area contributed by atoms with Gasteiger partial charge in [0.1, 0.15) is 11.9 Å². The van der Waals surface area contributed by atoms with Gasteiger partial charge in [0, 0.05) is 36.5 Å². The number of hydrogen-bond acceptors (Lipinski definition) is 6. The van der Waals surface area contributed by atoms with Crippen LogP contribution in [0.2, 0.25) is 0 Å². The van der Waals surface area contributed by atoms with Crippen LogP contribution < -0.4 is 10.6 Å². The number of aliphatic imine (C=N–C) groups is 1. The molecule has 4 heterocycles. The predicted octanol–water partition coefficient (Wildman–Crippen LogP) is 5.72. The maximum atomic E-state index is 13.7. The minimum absolute atomic E-state index is 0.0665. The summed E-state index contributed by atoms with van der Waals surface area (Å²) in [5, 5.41) is 6.47. The van der Waals surface area contributed by atoms with Gasteiger partial charge in [-0.05, 0) is 71.3 Å². The zero-order valence-corrected chi connectivity index (χ0v) is 26.0. The minimum atomic E-state index is -0.643. The molecule has 3 aromatic rings. The maximum absolute atomic E-state index is 13.7. The molecule has 9 heteroatoms. The summed E-state index contributed by atoms with van der Waals surface area (Å²) in [4.78, 5) is 40.6. The highest BCUT2D eigenvalue weighted by Gasteiger charge is 2.56. The van der Waals surface area contributed by atoms with Crippen molar-refractivity contribution < 1.29 is 14.3 Å². The van der Waals surface area contributed by atoms with Gasteiger partial charge >= 0.3 is 6.09 Å². The van der Waals surface area contributed by atoms with Gasteiger partial charge in [0.15, 0.2) is 0 Å². The summed E-state index contributed by atoms with van der Waals surface area (Å²) in [5.41, 5.74) is 8.11. The first kappa shape index (κ1) is 28.2. The van der Waals surface area contributed by atoms with Crippen molar-refractivity contribution >= 4 is 23.3 Å². The molecule has 0 spiro atoms. The highest BCUT2D eigenvalue weighted by Crippen LogP contribution is 2.53. The number of hydrogen-bond donors (Lipinski definition) is 3. The van der Waals surface area contributed by atoms with Gasteiger partial charge in [-0.15, -0.1) is 0 Å². The summed E-state index contributed by atoms with van der Waals surface area (Å²) in [6, 6.07) is 17.9. The molecule has 2 amide bonds. The number of alkyl carbamates (subject to hydrolysis) is 1. The third-order valence-corrected chi connectivity index (χ3v) is 10.5. The normalized spacial score (nSPS) is 28.3. The van der Waals surface area contributed by atoms with Crippen molar-refractivity contribution in [1.82, 2.24) is 25.5 Å². The highest BCUT2D eigenvalue weighted by molar-refractivity contribution is 6.02. The lowest BCUT2D eigenvalue weighted by molar-refractivity contribution is -0.136. The first-order valence-electron chi connectivity index (χ1n) is 16.3. The number of methoxy groups -OCH3 is 1. The molecule has 0 unspecified atom stereocenters. The lowest BCUT2D eigenvalue weighted by Gasteiger charge is -2.31. The SMILES string of the molecule is COC(=O)N[C@H](C(=O)N1[C@@H]2C[C@@H]2C[C@H]1c1ncc(-c2ccc(-c3ccc(C4=CN=C([C@@H]5C[C@H]6C[C@H]6N5)C4)cc3)cc2)[nH]1)C(C)C. The molecule has 0 bridgehead atoms. The van der Waals surface area contributed by atoms with Crippen molar-refractivity contribution in [2.24, 2.45) is 22.7 Å². The zero-order chi connectivity index (χ0) is 30.8. The summed E-state index contributed by atoms with van der Waals surface area (Å²) < 4.78 is 4.78. The van der Waals surface area contributed by atoms with Crippen LogP contribution in [-0.4, -0.2) is 63.9 Å². The van der Waals surface area contributed by atoms with Crippen LogP contribution in [-0.2, 0) is 9.53 Å². The third kappa shape index (κ3) is 5.27. The number of imidazole rings is 1. The molecule has 2 saturated carbocycles. The van der Waals surface area contributed by atoms with E-state index in [0.717, 1.165) is 53.9 Å². The van der Waals surface area contributed by atoms with E-state index in [1.165, 1.54) is 42.4 Å². The van der Waals surface area contributed by atoms with Crippen LogP contribution in [0, 0.1) is 17.8 Å². The number of H-pyrrole nitrogens is 1. The Morgan fingerprint density at radius 1 is 0.933 bits per heavy atom. The van der Waals surface area contributed by atoms with Crippen molar-refractivity contribution in [3.8, 4) is 22.4 Å². The first-order chi connectivity index (χ1) is 21.9. The Morgan fingerprint density at radius 2 is 1.64 bits per heavy atom. The van der Waals surface area contributed by atoms with Crippen LogP contribution in [0.3, 0.4) is 0 Å². The molecule has 45 heavy (non-hydrogen) atoms. The molecule has 2 aliphatic carbocycles. The predicted molar refractivity (Wildman–Crippen MR) is 173 cm³/mol. The molecule has 0 radical (unpaired) electrons. The maximum Gasteiger partial charge on any atom is 0.407 e. The summed E-state index contributed by atoms with van der Waals surface area (Å²) in [7, 11) is 1.31. The van der Waals surface area contributed by atoms with Crippen LogP contribution in [0.1, 0.15) is 63.4 Å². The van der Waals surface area contributed by atoms with Crippen molar-refractivity contribution in [1.29, 1.82) is 0 Å². The van der Waals surface area contributed by atoms with Gasteiger partial charge in [0.05, 0.1) is 25.0 Å². The molecule has 9 nitrogen and oxygen atoms in total. The number of benzene rings is 2.